The molecule has 1 aliphatic heterocycles. The Morgan fingerprint density at radius 3 is 2.47 bits per heavy atom. The van der Waals surface area contributed by atoms with Crippen molar-refractivity contribution in [2.75, 3.05) is 18.0 Å². The van der Waals surface area contributed by atoms with E-state index in [1.807, 2.05) is 30.3 Å². The molecule has 1 aromatic carbocycles. The van der Waals surface area contributed by atoms with E-state index < -0.39 is 0 Å². The molecule has 8 heteroatoms. The Morgan fingerprint density at radius 2 is 1.70 bits per heavy atom. The first-order valence-electron chi connectivity index (χ1n) is 9.97. The summed E-state index contributed by atoms with van der Waals surface area (Å²) in [6, 6.07) is 13.1. The van der Waals surface area contributed by atoms with Gasteiger partial charge >= 0.3 is 0 Å². The zero-order valence-corrected chi connectivity index (χ0v) is 17.5. The summed E-state index contributed by atoms with van der Waals surface area (Å²) < 4.78 is 0. The van der Waals surface area contributed by atoms with E-state index in [1.165, 1.54) is 17.8 Å². The van der Waals surface area contributed by atoms with Gasteiger partial charge in [-0.2, -0.15) is 0 Å². The summed E-state index contributed by atoms with van der Waals surface area (Å²) in [6.07, 6.45) is 5.05. The van der Waals surface area contributed by atoms with E-state index in [0.717, 1.165) is 36.5 Å². The SMILES string of the molecule is Cc1nc(-c2ccccc2)sc1C(=O)NNC(=O)c1cccnc1N1CCCCC1. The van der Waals surface area contributed by atoms with Gasteiger partial charge in [-0.1, -0.05) is 30.3 Å². The molecular formula is C22H23N5O2S. The van der Waals surface area contributed by atoms with Crippen LogP contribution in [0, 0.1) is 6.92 Å². The maximum Gasteiger partial charge on any atom is 0.281 e. The van der Waals surface area contributed by atoms with E-state index in [9.17, 15) is 9.59 Å². The van der Waals surface area contributed by atoms with Gasteiger partial charge in [0.15, 0.2) is 0 Å². The fourth-order valence-electron chi connectivity index (χ4n) is 3.48. The van der Waals surface area contributed by atoms with Crippen molar-refractivity contribution >= 4 is 29.0 Å². The second kappa shape index (κ2) is 9.04. The topological polar surface area (TPSA) is 87.2 Å². The summed E-state index contributed by atoms with van der Waals surface area (Å²) in [6.45, 7) is 3.55. The van der Waals surface area contributed by atoms with Crippen molar-refractivity contribution < 1.29 is 9.59 Å². The van der Waals surface area contributed by atoms with Crippen molar-refractivity contribution in [1.29, 1.82) is 0 Å². The number of carbonyl (C=O) groups is 2. The zero-order valence-electron chi connectivity index (χ0n) is 16.7. The Morgan fingerprint density at radius 1 is 0.967 bits per heavy atom. The molecule has 7 nitrogen and oxygen atoms in total. The van der Waals surface area contributed by atoms with Gasteiger partial charge in [-0.25, -0.2) is 9.97 Å². The number of hydrogen-bond donors (Lipinski definition) is 2. The number of benzene rings is 1. The third-order valence-electron chi connectivity index (χ3n) is 5.00. The smallest absolute Gasteiger partial charge is 0.281 e. The zero-order chi connectivity index (χ0) is 20.9. The lowest BCUT2D eigenvalue weighted by molar-refractivity contribution is 0.0848. The van der Waals surface area contributed by atoms with Crippen molar-refractivity contribution in [3.05, 3.63) is 64.8 Å². The van der Waals surface area contributed by atoms with Gasteiger partial charge in [-0.3, -0.25) is 20.4 Å². The van der Waals surface area contributed by atoms with Gasteiger partial charge in [0.1, 0.15) is 15.7 Å². The van der Waals surface area contributed by atoms with Crippen LogP contribution < -0.4 is 15.8 Å². The van der Waals surface area contributed by atoms with E-state index in [1.54, 1.807) is 25.3 Å². The molecule has 154 valence electrons. The van der Waals surface area contributed by atoms with E-state index in [-0.39, 0.29) is 11.8 Å². The van der Waals surface area contributed by atoms with Gasteiger partial charge in [0.25, 0.3) is 11.8 Å². The van der Waals surface area contributed by atoms with Crippen LogP contribution in [0.5, 0.6) is 0 Å². The van der Waals surface area contributed by atoms with E-state index in [2.05, 4.69) is 25.7 Å². The number of hydrazine groups is 1. The predicted molar refractivity (Wildman–Crippen MR) is 118 cm³/mol. The Labute approximate surface area is 179 Å². The number of anilines is 1. The van der Waals surface area contributed by atoms with E-state index in [4.69, 9.17) is 0 Å². The number of thiazole rings is 1. The average molecular weight is 422 g/mol. The molecule has 2 N–H and O–H groups in total. The van der Waals surface area contributed by atoms with Crippen molar-refractivity contribution in [2.24, 2.45) is 0 Å². The normalized spacial score (nSPS) is 13.7. The Bertz CT molecular complexity index is 1040. The molecule has 0 unspecified atom stereocenters. The van der Waals surface area contributed by atoms with E-state index >= 15 is 0 Å². The maximum atomic E-state index is 12.8. The third-order valence-corrected chi connectivity index (χ3v) is 6.21. The molecule has 1 saturated heterocycles. The van der Waals surface area contributed by atoms with Crippen molar-refractivity contribution in [3.8, 4) is 10.6 Å². The summed E-state index contributed by atoms with van der Waals surface area (Å²) in [5.74, 6) is -0.115. The monoisotopic (exact) mass is 421 g/mol. The first-order valence-corrected chi connectivity index (χ1v) is 10.8. The van der Waals surface area contributed by atoms with Crippen molar-refractivity contribution in [3.63, 3.8) is 0 Å². The molecule has 0 bridgehead atoms. The summed E-state index contributed by atoms with van der Waals surface area (Å²) >= 11 is 1.30. The van der Waals surface area contributed by atoms with Crippen LogP contribution in [0.25, 0.3) is 10.6 Å². The molecule has 0 spiro atoms. The molecule has 4 rings (SSSR count). The highest BCUT2D eigenvalue weighted by Gasteiger charge is 2.21. The standard InChI is InChI=1S/C22H23N5O2S/c1-15-18(30-22(24-15)16-9-4-2-5-10-16)21(29)26-25-20(28)17-11-8-12-23-19(17)27-13-6-3-7-14-27/h2,4-5,8-12H,3,6-7,13-14H2,1H3,(H,25,28)(H,26,29). The van der Waals surface area contributed by atoms with Crippen molar-refractivity contribution in [2.45, 2.75) is 26.2 Å². The summed E-state index contributed by atoms with van der Waals surface area (Å²) in [5.41, 5.74) is 7.07. The molecule has 3 heterocycles. The second-order valence-electron chi connectivity index (χ2n) is 7.13. The number of aryl methyl sites for hydroxylation is 1. The average Bonchev–Trinajstić information content (AvgIpc) is 3.20. The minimum atomic E-state index is -0.387. The molecule has 1 fully saturated rings. The van der Waals surface area contributed by atoms with Gasteiger partial charge in [0.2, 0.25) is 0 Å². The van der Waals surface area contributed by atoms with Gasteiger partial charge < -0.3 is 4.90 Å². The highest BCUT2D eigenvalue weighted by molar-refractivity contribution is 7.17. The lowest BCUT2D eigenvalue weighted by Gasteiger charge is -2.29. The Hall–Kier alpha value is -3.26. The largest absolute Gasteiger partial charge is 0.356 e. The minimum absolute atomic E-state index is 0.385. The van der Waals surface area contributed by atoms with Crippen LogP contribution in [0.15, 0.2) is 48.7 Å². The molecule has 0 aliphatic carbocycles. The highest BCUT2D eigenvalue weighted by atomic mass is 32.1. The van der Waals surface area contributed by atoms with Gasteiger partial charge in [-0.05, 0) is 38.3 Å². The van der Waals surface area contributed by atoms with Crippen LogP contribution >= 0.6 is 11.3 Å². The molecule has 0 radical (unpaired) electrons. The molecule has 30 heavy (non-hydrogen) atoms. The quantitative estimate of drug-likeness (QED) is 0.629. The van der Waals surface area contributed by atoms with Crippen LogP contribution in [0.4, 0.5) is 5.82 Å². The molecule has 2 aromatic heterocycles. The van der Waals surface area contributed by atoms with Crippen LogP contribution in [-0.4, -0.2) is 34.9 Å². The number of nitrogens with zero attached hydrogens (tertiary/aromatic N) is 3. The van der Waals surface area contributed by atoms with E-state index in [0.29, 0.717) is 22.0 Å². The third kappa shape index (κ3) is 4.33. The first kappa shape index (κ1) is 20.0. The fraction of sp³-hybridized carbons (Fsp3) is 0.273. The number of amides is 2. The second-order valence-corrected chi connectivity index (χ2v) is 8.13. The number of carbonyl (C=O) groups excluding carboxylic acids is 2. The number of hydrogen-bond acceptors (Lipinski definition) is 6. The fourth-order valence-corrected chi connectivity index (χ4v) is 4.45. The molecule has 1 aliphatic rings. The van der Waals surface area contributed by atoms with Crippen LogP contribution in [0.3, 0.4) is 0 Å². The highest BCUT2D eigenvalue weighted by Crippen LogP contribution is 2.27. The predicted octanol–water partition coefficient (Wildman–Crippen LogP) is 3.58. The lowest BCUT2D eigenvalue weighted by Crippen LogP contribution is -2.42. The number of aromatic nitrogens is 2. The molecule has 0 atom stereocenters. The number of rotatable bonds is 4. The summed E-state index contributed by atoms with van der Waals surface area (Å²) in [7, 11) is 0. The Kier molecular flexibility index (Phi) is 6.04. The summed E-state index contributed by atoms with van der Waals surface area (Å²) in [5, 5.41) is 0.768. The Balaban J connectivity index is 1.45. The molecular weight excluding hydrogens is 398 g/mol. The first-order chi connectivity index (χ1) is 14.6. The number of nitrogens with one attached hydrogen (secondary N) is 2. The van der Waals surface area contributed by atoms with Crippen LogP contribution in [0.2, 0.25) is 0 Å². The minimum Gasteiger partial charge on any atom is -0.356 e. The van der Waals surface area contributed by atoms with Gasteiger partial charge in [0, 0.05) is 24.8 Å². The molecule has 0 saturated carbocycles. The lowest BCUT2D eigenvalue weighted by atomic mass is 10.1. The summed E-state index contributed by atoms with van der Waals surface area (Å²) in [4.78, 5) is 36.9. The van der Waals surface area contributed by atoms with Crippen molar-refractivity contribution in [1.82, 2.24) is 20.8 Å². The number of piperidine rings is 1. The van der Waals surface area contributed by atoms with Gasteiger partial charge in [0.05, 0.1) is 11.3 Å². The van der Waals surface area contributed by atoms with Crippen LogP contribution in [-0.2, 0) is 0 Å². The van der Waals surface area contributed by atoms with Gasteiger partial charge in [-0.15, -0.1) is 11.3 Å². The number of pyridine rings is 1. The maximum absolute atomic E-state index is 12.8. The molecule has 2 amide bonds. The molecule has 3 aromatic rings. The van der Waals surface area contributed by atoms with Crippen LogP contribution in [0.1, 0.15) is 45.0 Å².